The number of thiocarbonyl (C=S) groups is 1. The van der Waals surface area contributed by atoms with Gasteiger partial charge in [0.1, 0.15) is 5.41 Å². The number of carbonyl (C=O) groups is 1. The predicted octanol–water partition coefficient (Wildman–Crippen LogP) is 2.43. The molecule has 1 aliphatic heterocycles. The first-order chi connectivity index (χ1) is 10.0. The third-order valence-electron chi connectivity index (χ3n) is 4.20. The second kappa shape index (κ2) is 6.54. The van der Waals surface area contributed by atoms with Crippen LogP contribution in [-0.2, 0) is 9.53 Å². The Kier molecular flexibility index (Phi) is 4.96. The molecule has 1 fully saturated rings. The minimum Gasteiger partial charge on any atom is -0.392 e. The number of hydrogen-bond donors (Lipinski definition) is 1. The van der Waals surface area contributed by atoms with Gasteiger partial charge in [-0.2, -0.15) is 0 Å². The van der Waals surface area contributed by atoms with Gasteiger partial charge in [-0.05, 0) is 38.3 Å². The van der Waals surface area contributed by atoms with Crippen molar-refractivity contribution in [1.29, 1.82) is 0 Å². The van der Waals surface area contributed by atoms with Crippen LogP contribution in [0.25, 0.3) is 0 Å². The number of benzene rings is 1. The first-order valence-electron chi connectivity index (χ1n) is 7.28. The molecule has 0 bridgehead atoms. The number of amides is 1. The standard InChI is InChI=1S/C16H22N2O2S/c1-3-18(13-7-5-4-6-12(13)2)15(19)16(14(17)21)8-10-20-11-9-16/h4-7H,3,8-11H2,1-2H3,(H2,17,21). The van der Waals surface area contributed by atoms with Gasteiger partial charge in [-0.15, -0.1) is 0 Å². The highest BCUT2D eigenvalue weighted by atomic mass is 32.1. The molecule has 5 heteroatoms. The van der Waals surface area contributed by atoms with E-state index < -0.39 is 5.41 Å². The Bertz CT molecular complexity index is 539. The summed E-state index contributed by atoms with van der Waals surface area (Å²) in [5.74, 6) is -0.00454. The van der Waals surface area contributed by atoms with Crippen molar-refractivity contribution in [2.75, 3.05) is 24.7 Å². The lowest BCUT2D eigenvalue weighted by molar-refractivity contribution is -0.128. The number of para-hydroxylation sites is 1. The molecule has 1 aromatic carbocycles. The summed E-state index contributed by atoms with van der Waals surface area (Å²) in [6.07, 6.45) is 1.12. The van der Waals surface area contributed by atoms with E-state index in [-0.39, 0.29) is 10.9 Å². The molecular weight excluding hydrogens is 284 g/mol. The van der Waals surface area contributed by atoms with E-state index in [1.165, 1.54) is 0 Å². The first-order valence-corrected chi connectivity index (χ1v) is 7.69. The molecule has 0 aromatic heterocycles. The van der Waals surface area contributed by atoms with Gasteiger partial charge in [0, 0.05) is 25.4 Å². The van der Waals surface area contributed by atoms with Gasteiger partial charge in [0.25, 0.3) is 0 Å². The fraction of sp³-hybridized carbons (Fsp3) is 0.500. The Labute approximate surface area is 131 Å². The highest BCUT2D eigenvalue weighted by Crippen LogP contribution is 2.35. The van der Waals surface area contributed by atoms with Crippen LogP contribution in [0.1, 0.15) is 25.3 Å². The van der Waals surface area contributed by atoms with Crippen LogP contribution in [0.5, 0.6) is 0 Å². The Morgan fingerprint density at radius 3 is 2.52 bits per heavy atom. The van der Waals surface area contributed by atoms with Crippen LogP contribution < -0.4 is 10.6 Å². The van der Waals surface area contributed by atoms with Crippen LogP contribution in [0.15, 0.2) is 24.3 Å². The molecule has 1 heterocycles. The van der Waals surface area contributed by atoms with Gasteiger partial charge < -0.3 is 15.4 Å². The van der Waals surface area contributed by atoms with E-state index in [0.717, 1.165) is 11.3 Å². The van der Waals surface area contributed by atoms with Crippen molar-refractivity contribution in [3.05, 3.63) is 29.8 Å². The average Bonchev–Trinajstić information content (AvgIpc) is 2.50. The van der Waals surface area contributed by atoms with Crippen molar-refractivity contribution < 1.29 is 9.53 Å². The molecule has 0 radical (unpaired) electrons. The van der Waals surface area contributed by atoms with Crippen molar-refractivity contribution in [3.8, 4) is 0 Å². The number of rotatable bonds is 4. The third-order valence-corrected chi connectivity index (χ3v) is 4.59. The largest absolute Gasteiger partial charge is 0.392 e. The summed E-state index contributed by atoms with van der Waals surface area (Å²) in [4.78, 5) is 15.2. The number of aryl methyl sites for hydroxylation is 1. The fourth-order valence-corrected chi connectivity index (χ4v) is 3.12. The molecule has 0 unspecified atom stereocenters. The fourth-order valence-electron chi connectivity index (χ4n) is 2.83. The monoisotopic (exact) mass is 306 g/mol. The SMILES string of the molecule is CCN(C(=O)C1(C(N)=S)CCOCC1)c1ccccc1C. The van der Waals surface area contributed by atoms with Crippen LogP contribution in [0.3, 0.4) is 0 Å². The lowest BCUT2D eigenvalue weighted by Gasteiger charge is -2.39. The second-order valence-corrected chi connectivity index (χ2v) is 5.83. The lowest BCUT2D eigenvalue weighted by atomic mass is 9.78. The molecular formula is C16H22N2O2S. The van der Waals surface area contributed by atoms with E-state index >= 15 is 0 Å². The second-order valence-electron chi connectivity index (χ2n) is 5.39. The Hall–Kier alpha value is -1.46. The van der Waals surface area contributed by atoms with Gasteiger partial charge >= 0.3 is 0 Å². The Morgan fingerprint density at radius 1 is 1.38 bits per heavy atom. The molecule has 2 rings (SSSR count). The maximum Gasteiger partial charge on any atom is 0.240 e. The van der Waals surface area contributed by atoms with E-state index in [2.05, 4.69) is 0 Å². The summed E-state index contributed by atoms with van der Waals surface area (Å²) >= 11 is 5.23. The zero-order valence-corrected chi connectivity index (χ0v) is 13.4. The molecule has 0 aliphatic carbocycles. The van der Waals surface area contributed by atoms with Crippen molar-refractivity contribution in [1.82, 2.24) is 0 Å². The molecule has 1 aromatic rings. The van der Waals surface area contributed by atoms with Crippen LogP contribution in [0.2, 0.25) is 0 Å². The maximum absolute atomic E-state index is 13.1. The third kappa shape index (κ3) is 2.94. The molecule has 114 valence electrons. The topological polar surface area (TPSA) is 55.6 Å². The normalized spacial score (nSPS) is 17.2. The van der Waals surface area contributed by atoms with Gasteiger partial charge in [0.05, 0.1) is 4.99 Å². The number of ether oxygens (including phenoxy) is 1. The summed E-state index contributed by atoms with van der Waals surface area (Å²) in [6.45, 7) is 5.61. The smallest absolute Gasteiger partial charge is 0.240 e. The quantitative estimate of drug-likeness (QED) is 0.868. The number of nitrogens with zero attached hydrogens (tertiary/aromatic N) is 1. The molecule has 21 heavy (non-hydrogen) atoms. The number of nitrogens with two attached hydrogens (primary N) is 1. The van der Waals surface area contributed by atoms with E-state index in [9.17, 15) is 4.79 Å². The minimum atomic E-state index is -0.772. The predicted molar refractivity (Wildman–Crippen MR) is 88.5 cm³/mol. The van der Waals surface area contributed by atoms with Crippen LogP contribution in [0, 0.1) is 12.3 Å². The molecule has 0 spiro atoms. The van der Waals surface area contributed by atoms with E-state index in [0.29, 0.717) is 32.6 Å². The molecule has 2 N–H and O–H groups in total. The van der Waals surface area contributed by atoms with Crippen molar-refractivity contribution in [3.63, 3.8) is 0 Å². The summed E-state index contributed by atoms with van der Waals surface area (Å²) in [7, 11) is 0. The minimum absolute atomic E-state index is 0.00454. The molecule has 0 atom stereocenters. The summed E-state index contributed by atoms with van der Waals surface area (Å²) in [5, 5.41) is 0. The van der Waals surface area contributed by atoms with Gasteiger partial charge in [-0.25, -0.2) is 0 Å². The maximum atomic E-state index is 13.1. The van der Waals surface area contributed by atoms with Crippen molar-refractivity contribution >= 4 is 28.8 Å². The molecule has 0 saturated carbocycles. The first kappa shape index (κ1) is 15.9. The number of hydrogen-bond acceptors (Lipinski definition) is 3. The molecule has 1 aliphatic rings. The molecule has 4 nitrogen and oxygen atoms in total. The van der Waals surface area contributed by atoms with Gasteiger partial charge in [0.15, 0.2) is 0 Å². The zero-order chi connectivity index (χ0) is 15.5. The van der Waals surface area contributed by atoms with Gasteiger partial charge in [-0.1, -0.05) is 30.4 Å². The Balaban J connectivity index is 2.39. The van der Waals surface area contributed by atoms with E-state index in [1.807, 2.05) is 38.1 Å². The number of anilines is 1. The van der Waals surface area contributed by atoms with Crippen LogP contribution in [-0.4, -0.2) is 30.7 Å². The van der Waals surface area contributed by atoms with Crippen molar-refractivity contribution in [2.45, 2.75) is 26.7 Å². The van der Waals surface area contributed by atoms with Gasteiger partial charge in [0.2, 0.25) is 5.91 Å². The van der Waals surface area contributed by atoms with Crippen molar-refractivity contribution in [2.24, 2.45) is 11.1 Å². The number of carbonyl (C=O) groups excluding carboxylic acids is 1. The molecule has 1 amide bonds. The summed E-state index contributed by atoms with van der Waals surface area (Å²) in [5.41, 5.74) is 7.16. The van der Waals surface area contributed by atoms with E-state index in [1.54, 1.807) is 4.90 Å². The summed E-state index contributed by atoms with van der Waals surface area (Å²) < 4.78 is 5.38. The van der Waals surface area contributed by atoms with Crippen LogP contribution in [0.4, 0.5) is 5.69 Å². The molecule has 1 saturated heterocycles. The van der Waals surface area contributed by atoms with Crippen LogP contribution >= 0.6 is 12.2 Å². The highest BCUT2D eigenvalue weighted by molar-refractivity contribution is 7.80. The average molecular weight is 306 g/mol. The highest BCUT2D eigenvalue weighted by Gasteiger charge is 2.45. The van der Waals surface area contributed by atoms with E-state index in [4.69, 9.17) is 22.7 Å². The van der Waals surface area contributed by atoms with Gasteiger partial charge in [-0.3, -0.25) is 4.79 Å². The summed E-state index contributed by atoms with van der Waals surface area (Å²) in [6, 6.07) is 7.87. The lowest BCUT2D eigenvalue weighted by Crippen LogP contribution is -2.53. The Morgan fingerprint density at radius 2 is 2.00 bits per heavy atom. The zero-order valence-electron chi connectivity index (χ0n) is 12.6.